The number of aromatic hydroxyl groups is 1. The lowest BCUT2D eigenvalue weighted by Crippen LogP contribution is -2.14. The van der Waals surface area contributed by atoms with Crippen LogP contribution in [0.25, 0.3) is 0 Å². The maximum absolute atomic E-state index is 11.2. The minimum atomic E-state index is -0.601. The van der Waals surface area contributed by atoms with Crippen molar-refractivity contribution in [1.29, 1.82) is 0 Å². The van der Waals surface area contributed by atoms with E-state index in [-0.39, 0.29) is 5.41 Å². The number of unbranched alkanes of at least 4 members (excludes halogenated alkanes) is 5. The van der Waals surface area contributed by atoms with Crippen molar-refractivity contribution < 1.29 is 15.0 Å². The van der Waals surface area contributed by atoms with Gasteiger partial charge in [-0.15, -0.1) is 0 Å². The van der Waals surface area contributed by atoms with Crippen LogP contribution in [0.1, 0.15) is 103 Å². The average Bonchev–Trinajstić information content (AvgIpc) is 3.39. The summed E-state index contributed by atoms with van der Waals surface area (Å²) in [4.78, 5) is 11.2. The topological polar surface area (TPSA) is 57.5 Å². The first kappa shape index (κ1) is 22.8. The molecule has 1 aliphatic rings. The number of rotatable bonds is 13. The predicted octanol–water partition coefficient (Wildman–Crippen LogP) is 6.90. The molecule has 0 unspecified atom stereocenters. The zero-order valence-electron chi connectivity index (χ0n) is 18.2. The molecule has 0 spiro atoms. The van der Waals surface area contributed by atoms with E-state index in [1.165, 1.54) is 43.2 Å². The third-order valence-corrected chi connectivity index (χ3v) is 6.22. The lowest BCUT2D eigenvalue weighted by atomic mass is 9.89. The highest BCUT2D eigenvalue weighted by Gasteiger charge is 2.49. The third-order valence-electron chi connectivity index (χ3n) is 6.22. The summed E-state index contributed by atoms with van der Waals surface area (Å²) >= 11 is 0. The molecule has 1 fully saturated rings. The van der Waals surface area contributed by atoms with Crippen molar-refractivity contribution in [3.8, 4) is 5.75 Å². The Morgan fingerprint density at radius 2 is 1.54 bits per heavy atom. The van der Waals surface area contributed by atoms with Crippen LogP contribution in [0.5, 0.6) is 5.75 Å². The van der Waals surface area contributed by atoms with E-state index >= 15 is 0 Å². The Labute approximate surface area is 171 Å². The van der Waals surface area contributed by atoms with Gasteiger partial charge in [0.2, 0.25) is 0 Å². The summed E-state index contributed by atoms with van der Waals surface area (Å²) in [5.74, 6) is -0.237. The Morgan fingerprint density at radius 1 is 0.929 bits per heavy atom. The van der Waals surface area contributed by atoms with E-state index in [0.29, 0.717) is 11.2 Å². The van der Waals surface area contributed by atoms with E-state index in [4.69, 9.17) is 0 Å². The molecule has 0 radical (unpaired) electrons. The molecule has 0 aliphatic heterocycles. The van der Waals surface area contributed by atoms with Gasteiger partial charge in [0.05, 0.1) is 5.41 Å². The molecule has 0 heterocycles. The first-order chi connectivity index (χ1) is 13.2. The minimum absolute atomic E-state index is 0.364. The van der Waals surface area contributed by atoms with E-state index in [1.54, 1.807) is 6.07 Å². The van der Waals surface area contributed by atoms with Gasteiger partial charge in [-0.05, 0) is 80.0 Å². The number of phenols is 1. The van der Waals surface area contributed by atoms with Crippen LogP contribution < -0.4 is 0 Å². The molecule has 2 rings (SSSR count). The molecule has 0 aromatic heterocycles. The van der Waals surface area contributed by atoms with Crippen LogP contribution >= 0.6 is 0 Å². The van der Waals surface area contributed by atoms with Gasteiger partial charge in [-0.1, -0.05) is 58.9 Å². The molecule has 3 nitrogen and oxygen atoms in total. The van der Waals surface area contributed by atoms with E-state index < -0.39 is 5.97 Å². The van der Waals surface area contributed by atoms with Crippen LogP contribution in [0.2, 0.25) is 0 Å². The molecule has 28 heavy (non-hydrogen) atoms. The largest absolute Gasteiger partial charge is 0.508 e. The number of carboxylic acid groups (broad SMARTS) is 1. The Bertz CT molecular complexity index is 623. The van der Waals surface area contributed by atoms with Crippen LogP contribution in [-0.4, -0.2) is 16.2 Å². The number of carboxylic acids is 1. The van der Waals surface area contributed by atoms with Crippen LogP contribution in [-0.2, 0) is 17.6 Å². The molecule has 2 N–H and O–H groups in total. The van der Waals surface area contributed by atoms with Gasteiger partial charge in [0.15, 0.2) is 0 Å². The predicted molar refractivity (Wildman–Crippen MR) is 116 cm³/mol. The van der Waals surface area contributed by atoms with Gasteiger partial charge in [0, 0.05) is 0 Å². The summed E-state index contributed by atoms with van der Waals surface area (Å²) < 4.78 is 0. The molecule has 0 saturated heterocycles. The fourth-order valence-corrected chi connectivity index (χ4v) is 4.09. The maximum atomic E-state index is 11.2. The van der Waals surface area contributed by atoms with Crippen molar-refractivity contribution in [2.24, 2.45) is 10.8 Å². The van der Waals surface area contributed by atoms with Gasteiger partial charge in [-0.3, -0.25) is 4.79 Å². The molecule has 0 bridgehead atoms. The van der Waals surface area contributed by atoms with Gasteiger partial charge in [0.1, 0.15) is 5.75 Å². The van der Waals surface area contributed by atoms with Gasteiger partial charge in [-0.2, -0.15) is 0 Å². The van der Waals surface area contributed by atoms with E-state index in [9.17, 15) is 15.0 Å². The number of carbonyl (C=O) groups is 1. The first-order valence-electron chi connectivity index (χ1n) is 11.3. The molecule has 1 aromatic carbocycles. The van der Waals surface area contributed by atoms with E-state index in [1.807, 2.05) is 6.07 Å². The Kier molecular flexibility index (Phi) is 8.39. The Hall–Kier alpha value is -1.51. The maximum Gasteiger partial charge on any atom is 0.309 e. The molecule has 158 valence electrons. The fraction of sp³-hybridized carbons (Fsp3) is 0.720. The van der Waals surface area contributed by atoms with Crippen molar-refractivity contribution >= 4 is 5.97 Å². The highest BCUT2D eigenvalue weighted by Crippen LogP contribution is 2.50. The number of benzene rings is 1. The highest BCUT2D eigenvalue weighted by atomic mass is 16.4. The van der Waals surface area contributed by atoms with Crippen molar-refractivity contribution in [2.45, 2.75) is 104 Å². The number of aryl methyl sites for hydroxylation is 2. The van der Waals surface area contributed by atoms with Crippen LogP contribution in [0.3, 0.4) is 0 Å². The van der Waals surface area contributed by atoms with Crippen LogP contribution in [0.15, 0.2) is 18.2 Å². The quantitative estimate of drug-likeness (QED) is 0.361. The summed E-state index contributed by atoms with van der Waals surface area (Å²) in [5.41, 5.74) is 2.70. The number of hydrogen-bond donors (Lipinski definition) is 2. The molecule has 1 aromatic rings. The Morgan fingerprint density at radius 3 is 2.14 bits per heavy atom. The van der Waals surface area contributed by atoms with Crippen molar-refractivity contribution in [3.05, 3.63) is 29.3 Å². The second kappa shape index (κ2) is 10.3. The van der Waals surface area contributed by atoms with Crippen molar-refractivity contribution in [2.75, 3.05) is 0 Å². The second-order valence-corrected chi connectivity index (χ2v) is 10.1. The standard InChI is InChI=1S/C25H40O3/c1-24(2,3)15-9-5-4-7-12-21-19-22(26)14-13-20(21)11-8-6-10-16-25(17-18-25)23(27)28/h13-14,19,26H,4-12,15-18H2,1-3H3,(H,27,28). The molecular weight excluding hydrogens is 348 g/mol. The zero-order chi connectivity index (χ0) is 20.6. The van der Waals surface area contributed by atoms with Gasteiger partial charge >= 0.3 is 5.97 Å². The summed E-state index contributed by atoms with van der Waals surface area (Å²) in [6.45, 7) is 6.91. The van der Waals surface area contributed by atoms with Crippen molar-refractivity contribution in [3.63, 3.8) is 0 Å². The Balaban J connectivity index is 1.68. The molecule has 3 heteroatoms. The van der Waals surface area contributed by atoms with Gasteiger partial charge < -0.3 is 10.2 Å². The fourth-order valence-electron chi connectivity index (χ4n) is 4.09. The number of aliphatic carboxylic acids is 1. The summed E-state index contributed by atoms with van der Waals surface area (Å²) in [5, 5.41) is 19.1. The molecule has 0 amide bonds. The molecule has 1 aliphatic carbocycles. The molecule has 1 saturated carbocycles. The summed E-state index contributed by atoms with van der Waals surface area (Å²) in [7, 11) is 0. The van der Waals surface area contributed by atoms with E-state index in [0.717, 1.165) is 51.4 Å². The number of phenolic OH excluding ortho intramolecular Hbond substituents is 1. The lowest BCUT2D eigenvalue weighted by molar-refractivity contribution is -0.143. The summed E-state index contributed by atoms with van der Waals surface area (Å²) in [6, 6.07) is 5.81. The van der Waals surface area contributed by atoms with Crippen molar-refractivity contribution in [1.82, 2.24) is 0 Å². The lowest BCUT2D eigenvalue weighted by Gasteiger charge is -2.17. The average molecular weight is 389 g/mol. The third kappa shape index (κ3) is 7.85. The minimum Gasteiger partial charge on any atom is -0.508 e. The monoisotopic (exact) mass is 388 g/mol. The molecular formula is C25H40O3. The van der Waals surface area contributed by atoms with E-state index in [2.05, 4.69) is 26.8 Å². The first-order valence-corrected chi connectivity index (χ1v) is 11.3. The van der Waals surface area contributed by atoms with Gasteiger partial charge in [0.25, 0.3) is 0 Å². The SMILES string of the molecule is CC(C)(C)CCCCCCc1cc(O)ccc1CCCCCC1(C(=O)O)CC1. The number of hydrogen-bond acceptors (Lipinski definition) is 2. The normalized spacial score (nSPS) is 15.5. The smallest absolute Gasteiger partial charge is 0.309 e. The zero-order valence-corrected chi connectivity index (χ0v) is 18.2. The van der Waals surface area contributed by atoms with Crippen LogP contribution in [0.4, 0.5) is 0 Å². The second-order valence-electron chi connectivity index (χ2n) is 10.1. The van der Waals surface area contributed by atoms with Gasteiger partial charge in [-0.25, -0.2) is 0 Å². The van der Waals surface area contributed by atoms with Crippen LogP contribution in [0, 0.1) is 10.8 Å². The highest BCUT2D eigenvalue weighted by molar-refractivity contribution is 5.77. The summed E-state index contributed by atoms with van der Waals surface area (Å²) in [6.07, 6.45) is 14.1. The molecule has 0 atom stereocenters.